The second-order valence-electron chi connectivity index (χ2n) is 8.79. The number of carbonyl (C=O) groups is 2. The first-order valence-corrected chi connectivity index (χ1v) is 11.3. The van der Waals surface area contributed by atoms with Gasteiger partial charge in [-0.1, -0.05) is 30.3 Å². The van der Waals surface area contributed by atoms with Crippen molar-refractivity contribution >= 4 is 11.8 Å². The quantitative estimate of drug-likeness (QED) is 0.762. The summed E-state index contributed by atoms with van der Waals surface area (Å²) in [4.78, 5) is 31.6. The summed E-state index contributed by atoms with van der Waals surface area (Å²) in [6, 6.07) is 10.5. The number of benzene rings is 1. The van der Waals surface area contributed by atoms with Crippen LogP contribution in [0.5, 0.6) is 0 Å². The van der Waals surface area contributed by atoms with E-state index in [2.05, 4.69) is 27.2 Å². The van der Waals surface area contributed by atoms with Crippen LogP contribution in [-0.2, 0) is 9.59 Å². The van der Waals surface area contributed by atoms with Crippen molar-refractivity contribution < 1.29 is 9.59 Å². The Bertz CT molecular complexity index is 677. The van der Waals surface area contributed by atoms with E-state index in [0.29, 0.717) is 19.0 Å². The standard InChI is InChI=1S/C23H34N4O2/c28-21(24-23(20-9-10-20)19-7-3-1-4-8-19)17-25-13-15-26(16-14-25)18-22(29)27-11-5-2-6-12-27/h1,3-4,7-8,20,23H,2,5-6,9-18H2,(H,24,28). The number of nitrogens with one attached hydrogen (secondary N) is 1. The first kappa shape index (κ1) is 20.4. The molecule has 2 aliphatic heterocycles. The van der Waals surface area contributed by atoms with Crippen LogP contribution in [-0.4, -0.2) is 78.9 Å². The molecule has 0 bridgehead atoms. The summed E-state index contributed by atoms with van der Waals surface area (Å²) in [5.41, 5.74) is 1.21. The van der Waals surface area contributed by atoms with Gasteiger partial charge in [0.2, 0.25) is 11.8 Å². The SMILES string of the molecule is O=C(CN1CCN(CC(=O)N2CCCCC2)CC1)NC(c1ccccc1)C1CC1. The molecule has 2 saturated heterocycles. The maximum atomic E-state index is 12.7. The predicted octanol–water partition coefficient (Wildman–Crippen LogP) is 1.88. The third kappa shape index (κ3) is 5.80. The monoisotopic (exact) mass is 398 g/mol. The minimum Gasteiger partial charge on any atom is -0.348 e. The van der Waals surface area contributed by atoms with Crippen molar-refractivity contribution in [3.8, 4) is 0 Å². The molecule has 4 rings (SSSR count). The molecule has 6 nitrogen and oxygen atoms in total. The van der Waals surface area contributed by atoms with Gasteiger partial charge in [-0.25, -0.2) is 0 Å². The molecule has 1 saturated carbocycles. The van der Waals surface area contributed by atoms with Crippen LogP contribution >= 0.6 is 0 Å². The third-order valence-electron chi connectivity index (χ3n) is 6.47. The summed E-state index contributed by atoms with van der Waals surface area (Å²) in [5, 5.41) is 3.27. The highest BCUT2D eigenvalue weighted by molar-refractivity contribution is 5.79. The number of rotatable bonds is 7. The van der Waals surface area contributed by atoms with Crippen molar-refractivity contribution in [3.63, 3.8) is 0 Å². The van der Waals surface area contributed by atoms with E-state index in [1.807, 2.05) is 23.1 Å². The van der Waals surface area contributed by atoms with Gasteiger partial charge in [-0.2, -0.15) is 0 Å². The predicted molar refractivity (Wildman–Crippen MR) is 113 cm³/mol. The van der Waals surface area contributed by atoms with Gasteiger partial charge in [0.25, 0.3) is 0 Å². The topological polar surface area (TPSA) is 55.9 Å². The molecule has 1 aromatic carbocycles. The van der Waals surface area contributed by atoms with Gasteiger partial charge in [0.15, 0.2) is 0 Å². The van der Waals surface area contributed by atoms with E-state index in [1.165, 1.54) is 24.8 Å². The zero-order valence-corrected chi connectivity index (χ0v) is 17.4. The average molecular weight is 399 g/mol. The molecule has 3 fully saturated rings. The number of piperazine rings is 1. The lowest BCUT2D eigenvalue weighted by Crippen LogP contribution is -2.52. The Morgan fingerprint density at radius 2 is 1.48 bits per heavy atom. The molecule has 0 spiro atoms. The molecule has 2 amide bonds. The van der Waals surface area contributed by atoms with Crippen LogP contribution in [0.25, 0.3) is 0 Å². The van der Waals surface area contributed by atoms with Crippen LogP contribution < -0.4 is 5.32 Å². The highest BCUT2D eigenvalue weighted by Gasteiger charge is 2.33. The average Bonchev–Trinajstić information content (AvgIpc) is 3.60. The molecule has 0 radical (unpaired) electrons. The Balaban J connectivity index is 1.20. The Morgan fingerprint density at radius 3 is 2.10 bits per heavy atom. The van der Waals surface area contributed by atoms with E-state index in [9.17, 15) is 9.59 Å². The summed E-state index contributed by atoms with van der Waals surface area (Å²) in [6.07, 6.45) is 5.92. The zero-order chi connectivity index (χ0) is 20.1. The molecule has 2 heterocycles. The van der Waals surface area contributed by atoms with Gasteiger partial charge in [-0.05, 0) is 43.6 Å². The highest BCUT2D eigenvalue weighted by atomic mass is 16.2. The number of carbonyl (C=O) groups excluding carboxylic acids is 2. The maximum Gasteiger partial charge on any atom is 0.236 e. The van der Waals surface area contributed by atoms with Gasteiger partial charge in [0.1, 0.15) is 0 Å². The summed E-state index contributed by atoms with van der Waals surface area (Å²) >= 11 is 0. The van der Waals surface area contributed by atoms with E-state index in [0.717, 1.165) is 52.1 Å². The van der Waals surface area contributed by atoms with Crippen molar-refractivity contribution in [1.82, 2.24) is 20.0 Å². The van der Waals surface area contributed by atoms with Gasteiger partial charge < -0.3 is 10.2 Å². The van der Waals surface area contributed by atoms with E-state index in [-0.39, 0.29) is 17.9 Å². The maximum absolute atomic E-state index is 12.7. The van der Waals surface area contributed by atoms with Crippen LogP contribution in [0.3, 0.4) is 0 Å². The molecule has 6 heteroatoms. The second-order valence-corrected chi connectivity index (χ2v) is 8.79. The van der Waals surface area contributed by atoms with Crippen molar-refractivity contribution in [1.29, 1.82) is 0 Å². The molecular weight excluding hydrogens is 364 g/mol. The molecule has 1 atom stereocenters. The highest BCUT2D eigenvalue weighted by Crippen LogP contribution is 2.40. The number of amides is 2. The molecule has 0 aromatic heterocycles. The molecule has 1 unspecified atom stereocenters. The first-order chi connectivity index (χ1) is 14.2. The minimum absolute atomic E-state index is 0.114. The molecule has 1 aromatic rings. The summed E-state index contributed by atoms with van der Waals surface area (Å²) < 4.78 is 0. The molecule has 29 heavy (non-hydrogen) atoms. The summed E-state index contributed by atoms with van der Waals surface area (Å²) in [5.74, 6) is 0.966. The van der Waals surface area contributed by atoms with Crippen molar-refractivity contribution in [2.45, 2.75) is 38.1 Å². The summed E-state index contributed by atoms with van der Waals surface area (Å²) in [6.45, 7) is 6.22. The van der Waals surface area contributed by atoms with Gasteiger partial charge in [-0.15, -0.1) is 0 Å². The lowest BCUT2D eigenvalue weighted by Gasteiger charge is -2.36. The molecule has 1 N–H and O–H groups in total. The van der Waals surface area contributed by atoms with Crippen LogP contribution in [0.15, 0.2) is 30.3 Å². The Labute approximate surface area is 174 Å². The number of hydrogen-bond acceptors (Lipinski definition) is 4. The molecule has 1 aliphatic carbocycles. The van der Waals surface area contributed by atoms with Gasteiger partial charge >= 0.3 is 0 Å². The van der Waals surface area contributed by atoms with Crippen molar-refractivity contribution in [3.05, 3.63) is 35.9 Å². The number of hydrogen-bond donors (Lipinski definition) is 1. The number of nitrogens with zero attached hydrogens (tertiary/aromatic N) is 3. The van der Waals surface area contributed by atoms with Crippen molar-refractivity contribution in [2.75, 3.05) is 52.4 Å². The molecule has 3 aliphatic rings. The van der Waals surface area contributed by atoms with Gasteiger partial charge in [0.05, 0.1) is 19.1 Å². The smallest absolute Gasteiger partial charge is 0.236 e. The lowest BCUT2D eigenvalue weighted by atomic mass is 10.0. The molecule has 158 valence electrons. The van der Waals surface area contributed by atoms with E-state index in [1.54, 1.807) is 0 Å². The van der Waals surface area contributed by atoms with E-state index < -0.39 is 0 Å². The fraction of sp³-hybridized carbons (Fsp3) is 0.652. The Morgan fingerprint density at radius 1 is 0.862 bits per heavy atom. The van der Waals surface area contributed by atoms with Crippen LogP contribution in [0.2, 0.25) is 0 Å². The second kappa shape index (κ2) is 9.72. The molecular formula is C23H34N4O2. The van der Waals surface area contributed by atoms with Crippen LogP contribution in [0.4, 0.5) is 0 Å². The van der Waals surface area contributed by atoms with Crippen molar-refractivity contribution in [2.24, 2.45) is 5.92 Å². The summed E-state index contributed by atoms with van der Waals surface area (Å²) in [7, 11) is 0. The lowest BCUT2D eigenvalue weighted by molar-refractivity contribution is -0.134. The van der Waals surface area contributed by atoms with Crippen LogP contribution in [0, 0.1) is 5.92 Å². The number of piperidine rings is 1. The van der Waals surface area contributed by atoms with Crippen LogP contribution in [0.1, 0.15) is 43.7 Å². The number of likely N-dealkylation sites (tertiary alicyclic amines) is 1. The normalized spacial score (nSPS) is 22.3. The largest absolute Gasteiger partial charge is 0.348 e. The first-order valence-electron chi connectivity index (χ1n) is 11.3. The minimum atomic E-state index is 0.114. The van der Waals surface area contributed by atoms with Gasteiger partial charge in [0, 0.05) is 39.3 Å². The van der Waals surface area contributed by atoms with E-state index >= 15 is 0 Å². The fourth-order valence-corrected chi connectivity index (χ4v) is 4.53. The Kier molecular flexibility index (Phi) is 6.82. The van der Waals surface area contributed by atoms with Gasteiger partial charge in [-0.3, -0.25) is 19.4 Å². The van der Waals surface area contributed by atoms with E-state index in [4.69, 9.17) is 0 Å². The third-order valence-corrected chi connectivity index (χ3v) is 6.47. The Hall–Kier alpha value is -1.92. The zero-order valence-electron chi connectivity index (χ0n) is 17.4. The fourth-order valence-electron chi connectivity index (χ4n) is 4.53.